The van der Waals surface area contributed by atoms with E-state index in [0.29, 0.717) is 0 Å². The zero-order valence-corrected chi connectivity index (χ0v) is 11.9. The van der Waals surface area contributed by atoms with Gasteiger partial charge in [0.25, 0.3) is 0 Å². The fourth-order valence-corrected chi connectivity index (χ4v) is 2.42. The largest absolute Gasteiger partial charge is 0.456 e. The predicted octanol–water partition coefficient (Wildman–Crippen LogP) is 5.65. The Morgan fingerprint density at radius 3 is 2.65 bits per heavy atom. The highest BCUT2D eigenvalue weighted by Crippen LogP contribution is 2.30. The summed E-state index contributed by atoms with van der Waals surface area (Å²) < 4.78 is 6.01. The highest BCUT2D eigenvalue weighted by Gasteiger charge is 2.08. The lowest BCUT2D eigenvalue weighted by Gasteiger charge is -1.97. The van der Waals surface area contributed by atoms with E-state index in [2.05, 4.69) is 62.4 Å². The Balaban J connectivity index is 2.03. The number of furan rings is 1. The molecule has 0 fully saturated rings. The number of hydrogen-bond donors (Lipinski definition) is 0. The first-order valence-corrected chi connectivity index (χ1v) is 6.95. The molecule has 100 valence electrons. The van der Waals surface area contributed by atoms with E-state index in [1.807, 2.05) is 12.1 Å². The molecule has 0 radical (unpaired) electrons. The van der Waals surface area contributed by atoms with E-state index in [1.165, 1.54) is 21.9 Å². The number of hydrogen-bond acceptors (Lipinski definition) is 1. The molecule has 0 unspecified atom stereocenters. The Hall–Kier alpha value is -2.28. The molecule has 2 aromatic carbocycles. The summed E-state index contributed by atoms with van der Waals surface area (Å²) in [5.74, 6) is 0. The molecule has 0 aliphatic carbocycles. The first-order valence-electron chi connectivity index (χ1n) is 6.95. The molecule has 0 saturated carbocycles. The SMILES string of the molecule is CC(C)=C/C=C\Cc1cccc2c1oc1ccccc12. The van der Waals surface area contributed by atoms with Crippen LogP contribution in [0.2, 0.25) is 0 Å². The fourth-order valence-electron chi connectivity index (χ4n) is 2.42. The highest BCUT2D eigenvalue weighted by atomic mass is 16.3. The monoisotopic (exact) mass is 262 g/mol. The van der Waals surface area contributed by atoms with Crippen LogP contribution in [0.5, 0.6) is 0 Å². The topological polar surface area (TPSA) is 13.1 Å². The minimum atomic E-state index is 0.890. The normalized spacial score (nSPS) is 11.5. The van der Waals surface area contributed by atoms with Gasteiger partial charge in [0.2, 0.25) is 0 Å². The van der Waals surface area contributed by atoms with Crippen LogP contribution in [0.4, 0.5) is 0 Å². The van der Waals surface area contributed by atoms with E-state index in [0.717, 1.165) is 17.6 Å². The van der Waals surface area contributed by atoms with Crippen LogP contribution in [0, 0.1) is 0 Å². The average molecular weight is 262 g/mol. The Bertz CT molecular complexity index is 799. The van der Waals surface area contributed by atoms with Gasteiger partial charge in [-0.3, -0.25) is 0 Å². The quantitative estimate of drug-likeness (QED) is 0.556. The van der Waals surface area contributed by atoms with Gasteiger partial charge >= 0.3 is 0 Å². The minimum Gasteiger partial charge on any atom is -0.456 e. The van der Waals surface area contributed by atoms with E-state index in [-0.39, 0.29) is 0 Å². The second-order valence-corrected chi connectivity index (χ2v) is 5.27. The maximum Gasteiger partial charge on any atom is 0.138 e. The second kappa shape index (κ2) is 5.38. The van der Waals surface area contributed by atoms with Gasteiger partial charge in [-0.1, -0.05) is 60.2 Å². The molecule has 0 aliphatic heterocycles. The molecule has 20 heavy (non-hydrogen) atoms. The van der Waals surface area contributed by atoms with Crippen molar-refractivity contribution in [2.45, 2.75) is 20.3 Å². The van der Waals surface area contributed by atoms with E-state index in [1.54, 1.807) is 0 Å². The summed E-state index contributed by atoms with van der Waals surface area (Å²) >= 11 is 0. The van der Waals surface area contributed by atoms with Crippen LogP contribution in [-0.2, 0) is 6.42 Å². The molecule has 1 heterocycles. The van der Waals surface area contributed by atoms with Crippen molar-refractivity contribution in [3.63, 3.8) is 0 Å². The van der Waals surface area contributed by atoms with E-state index >= 15 is 0 Å². The van der Waals surface area contributed by atoms with Gasteiger partial charge in [-0.2, -0.15) is 0 Å². The van der Waals surface area contributed by atoms with Gasteiger partial charge in [0.15, 0.2) is 0 Å². The molecule has 0 N–H and O–H groups in total. The van der Waals surface area contributed by atoms with E-state index in [9.17, 15) is 0 Å². The summed E-state index contributed by atoms with van der Waals surface area (Å²) in [5.41, 5.74) is 4.51. The maximum atomic E-state index is 6.01. The summed E-state index contributed by atoms with van der Waals surface area (Å²) in [6, 6.07) is 14.6. The van der Waals surface area contributed by atoms with Crippen molar-refractivity contribution >= 4 is 21.9 Å². The van der Waals surface area contributed by atoms with Crippen molar-refractivity contribution in [1.82, 2.24) is 0 Å². The first-order chi connectivity index (χ1) is 9.75. The molecule has 0 bridgehead atoms. The van der Waals surface area contributed by atoms with Crippen LogP contribution in [0.1, 0.15) is 19.4 Å². The van der Waals surface area contributed by atoms with Crippen molar-refractivity contribution in [1.29, 1.82) is 0 Å². The number of fused-ring (bicyclic) bond motifs is 3. The zero-order chi connectivity index (χ0) is 13.9. The Labute approximate surface area is 119 Å². The van der Waals surface area contributed by atoms with E-state index < -0.39 is 0 Å². The van der Waals surface area contributed by atoms with Gasteiger partial charge in [0.1, 0.15) is 11.2 Å². The average Bonchev–Trinajstić information content (AvgIpc) is 2.83. The van der Waals surface area contributed by atoms with Crippen LogP contribution >= 0.6 is 0 Å². The van der Waals surface area contributed by atoms with Crippen molar-refractivity contribution < 1.29 is 4.42 Å². The van der Waals surface area contributed by atoms with Gasteiger partial charge in [-0.15, -0.1) is 0 Å². The molecule has 0 amide bonds. The summed E-state index contributed by atoms with van der Waals surface area (Å²) in [7, 11) is 0. The molecule has 1 aromatic heterocycles. The molecule has 0 saturated heterocycles. The molecule has 1 heteroatoms. The van der Waals surface area contributed by atoms with Crippen molar-refractivity contribution in [3.05, 3.63) is 71.8 Å². The fraction of sp³-hybridized carbons (Fsp3) is 0.158. The highest BCUT2D eigenvalue weighted by molar-refractivity contribution is 6.05. The second-order valence-electron chi connectivity index (χ2n) is 5.27. The lowest BCUT2D eigenvalue weighted by molar-refractivity contribution is 0.664. The molecule has 3 aromatic rings. The van der Waals surface area contributed by atoms with Crippen LogP contribution in [-0.4, -0.2) is 0 Å². The van der Waals surface area contributed by atoms with Crippen LogP contribution in [0.15, 0.2) is 70.7 Å². The lowest BCUT2D eigenvalue weighted by atomic mass is 10.1. The Morgan fingerprint density at radius 1 is 1.00 bits per heavy atom. The summed E-state index contributed by atoms with van der Waals surface area (Å²) in [6.45, 7) is 4.20. The molecule has 3 rings (SSSR count). The minimum absolute atomic E-state index is 0.890. The molecular weight excluding hydrogens is 244 g/mol. The van der Waals surface area contributed by atoms with Crippen LogP contribution in [0.3, 0.4) is 0 Å². The standard InChI is InChI=1S/C19H18O/c1-14(2)8-3-4-9-15-10-7-12-17-16-11-5-6-13-18(16)20-19(15)17/h3-8,10-13H,9H2,1-2H3/b4-3-. The predicted molar refractivity (Wildman–Crippen MR) is 86.0 cm³/mol. The van der Waals surface area contributed by atoms with Crippen molar-refractivity contribution in [3.8, 4) is 0 Å². The zero-order valence-electron chi connectivity index (χ0n) is 11.9. The number of para-hydroxylation sites is 2. The van der Waals surface area contributed by atoms with Gasteiger partial charge < -0.3 is 4.42 Å². The Morgan fingerprint density at radius 2 is 1.80 bits per heavy atom. The summed E-state index contributed by atoms with van der Waals surface area (Å²) in [5, 5.41) is 2.39. The van der Waals surface area contributed by atoms with E-state index in [4.69, 9.17) is 4.42 Å². The number of allylic oxidation sites excluding steroid dienone is 4. The molecule has 0 atom stereocenters. The molecule has 0 spiro atoms. The van der Waals surface area contributed by atoms with Crippen LogP contribution < -0.4 is 0 Å². The van der Waals surface area contributed by atoms with Gasteiger partial charge in [0.05, 0.1) is 0 Å². The van der Waals surface area contributed by atoms with Crippen LogP contribution in [0.25, 0.3) is 21.9 Å². The number of benzene rings is 2. The number of rotatable bonds is 3. The Kier molecular flexibility index (Phi) is 3.42. The van der Waals surface area contributed by atoms with Crippen molar-refractivity contribution in [2.75, 3.05) is 0 Å². The summed E-state index contributed by atoms with van der Waals surface area (Å²) in [4.78, 5) is 0. The summed E-state index contributed by atoms with van der Waals surface area (Å²) in [6.07, 6.45) is 7.30. The maximum absolute atomic E-state index is 6.01. The first kappa shape index (κ1) is 12.7. The van der Waals surface area contributed by atoms with Gasteiger partial charge in [0, 0.05) is 10.8 Å². The molecular formula is C19H18O. The van der Waals surface area contributed by atoms with Crippen molar-refractivity contribution in [2.24, 2.45) is 0 Å². The molecule has 1 nitrogen and oxygen atoms in total. The third kappa shape index (κ3) is 2.39. The molecule has 0 aliphatic rings. The third-order valence-electron chi connectivity index (χ3n) is 3.39. The van der Waals surface area contributed by atoms with Gasteiger partial charge in [-0.25, -0.2) is 0 Å². The third-order valence-corrected chi connectivity index (χ3v) is 3.39. The van der Waals surface area contributed by atoms with Gasteiger partial charge in [-0.05, 0) is 31.9 Å². The smallest absolute Gasteiger partial charge is 0.138 e. The lowest BCUT2D eigenvalue weighted by Crippen LogP contribution is -1.81.